The Bertz CT molecular complexity index is 1230. The number of nitrogens with zero attached hydrogens (tertiary/aromatic N) is 2. The normalized spacial score (nSPS) is 10.7. The number of thiophene rings is 1. The van der Waals surface area contributed by atoms with Crippen molar-refractivity contribution in [2.45, 2.75) is 13.3 Å². The maximum Gasteiger partial charge on any atom is 0.350 e. The second kappa shape index (κ2) is 8.34. The van der Waals surface area contributed by atoms with E-state index in [2.05, 4.69) is 20.3 Å². The van der Waals surface area contributed by atoms with Crippen LogP contribution in [0.2, 0.25) is 0 Å². The zero-order valence-corrected chi connectivity index (χ0v) is 17.1. The van der Waals surface area contributed by atoms with E-state index in [1.807, 2.05) is 12.1 Å². The van der Waals surface area contributed by atoms with Crippen LogP contribution in [-0.2, 0) is 4.74 Å². The summed E-state index contributed by atoms with van der Waals surface area (Å²) in [6.07, 6.45) is 1.93. The van der Waals surface area contributed by atoms with Gasteiger partial charge in [-0.3, -0.25) is 9.78 Å². The molecule has 0 spiro atoms. The lowest BCUT2D eigenvalue weighted by molar-refractivity contribution is 0.0607. The number of methoxy groups -OCH3 is 1. The number of anilines is 2. The largest absolute Gasteiger partial charge is 0.465 e. The van der Waals surface area contributed by atoms with Crippen LogP contribution in [0, 0.1) is 0 Å². The summed E-state index contributed by atoms with van der Waals surface area (Å²) in [5.41, 5.74) is 2.48. The van der Waals surface area contributed by atoms with Crippen molar-refractivity contribution in [3.05, 3.63) is 58.5 Å². The lowest BCUT2D eigenvalue weighted by Gasteiger charge is -2.06. The van der Waals surface area contributed by atoms with Gasteiger partial charge in [0.05, 0.1) is 23.8 Å². The number of aromatic amines is 1. The molecule has 3 aromatic heterocycles. The third-order valence-corrected chi connectivity index (χ3v) is 5.21. The first-order chi connectivity index (χ1) is 14.6. The Hall–Kier alpha value is -3.72. The van der Waals surface area contributed by atoms with E-state index < -0.39 is 5.97 Å². The number of rotatable bonds is 7. The molecule has 0 radical (unpaired) electrons. The molecule has 0 saturated heterocycles. The van der Waals surface area contributed by atoms with Crippen molar-refractivity contribution >= 4 is 45.8 Å². The van der Waals surface area contributed by atoms with Crippen molar-refractivity contribution in [3.8, 4) is 11.5 Å². The molecule has 1 aromatic carbocycles. The first-order valence-corrected chi connectivity index (χ1v) is 10.0. The molecule has 152 valence electrons. The zero-order valence-electron chi connectivity index (χ0n) is 16.3. The van der Waals surface area contributed by atoms with Crippen molar-refractivity contribution in [3.63, 3.8) is 0 Å². The predicted molar refractivity (Wildman–Crippen MR) is 114 cm³/mol. The van der Waals surface area contributed by atoms with Crippen molar-refractivity contribution < 1.29 is 19.1 Å². The number of hydrogen-bond acceptors (Lipinski definition) is 8. The summed E-state index contributed by atoms with van der Waals surface area (Å²) in [6, 6.07) is 10.5. The fourth-order valence-electron chi connectivity index (χ4n) is 2.84. The number of imidazole rings is 1. The molecule has 2 N–H and O–H groups in total. The third-order valence-electron chi connectivity index (χ3n) is 4.32. The van der Waals surface area contributed by atoms with E-state index in [9.17, 15) is 9.59 Å². The molecule has 0 amide bonds. The lowest BCUT2D eigenvalue weighted by Crippen LogP contribution is -2.02. The average molecular weight is 422 g/mol. The van der Waals surface area contributed by atoms with Crippen LogP contribution in [0.25, 0.3) is 11.0 Å². The predicted octanol–water partition coefficient (Wildman–Crippen LogP) is 4.93. The number of carbonyl (C=O) groups excluding carboxylic acids is 2. The van der Waals surface area contributed by atoms with Crippen LogP contribution < -0.4 is 10.1 Å². The average Bonchev–Trinajstić information content (AvgIpc) is 3.39. The second-order valence-electron chi connectivity index (χ2n) is 6.30. The van der Waals surface area contributed by atoms with Crippen molar-refractivity contribution in [1.29, 1.82) is 0 Å². The number of carbonyl (C=O) groups is 2. The van der Waals surface area contributed by atoms with Gasteiger partial charge >= 0.3 is 5.97 Å². The summed E-state index contributed by atoms with van der Waals surface area (Å²) in [6.45, 7) is 1.79. The van der Waals surface area contributed by atoms with Gasteiger partial charge in [-0.15, -0.1) is 11.3 Å². The molecule has 0 fully saturated rings. The van der Waals surface area contributed by atoms with E-state index in [4.69, 9.17) is 9.47 Å². The number of benzene rings is 1. The minimum atomic E-state index is -0.405. The molecule has 30 heavy (non-hydrogen) atoms. The monoisotopic (exact) mass is 422 g/mol. The number of ether oxygens (including phenoxy) is 2. The van der Waals surface area contributed by atoms with Crippen molar-refractivity contribution in [2.24, 2.45) is 0 Å². The van der Waals surface area contributed by atoms with Gasteiger partial charge in [-0.1, -0.05) is 6.92 Å². The molecule has 0 unspecified atom stereocenters. The Morgan fingerprint density at radius 3 is 2.80 bits per heavy atom. The van der Waals surface area contributed by atoms with Crippen LogP contribution in [-0.4, -0.2) is 33.8 Å². The highest BCUT2D eigenvalue weighted by atomic mass is 32.1. The Labute approximate surface area is 175 Å². The topological polar surface area (TPSA) is 106 Å². The number of Topliss-reactive ketones (excluding diaryl/α,β-unsaturated/α-hetero) is 1. The summed E-state index contributed by atoms with van der Waals surface area (Å²) >= 11 is 1.29. The van der Waals surface area contributed by atoms with Gasteiger partial charge in [-0.05, 0) is 29.6 Å². The number of aromatic nitrogens is 3. The van der Waals surface area contributed by atoms with Gasteiger partial charge in [0.1, 0.15) is 22.1 Å². The van der Waals surface area contributed by atoms with Gasteiger partial charge < -0.3 is 19.8 Å². The minimum absolute atomic E-state index is 0.0417. The maximum absolute atomic E-state index is 11.8. The molecular weight excluding hydrogens is 404 g/mol. The highest BCUT2D eigenvalue weighted by molar-refractivity contribution is 7.12. The Morgan fingerprint density at radius 1 is 1.17 bits per heavy atom. The molecular formula is C21H18N4O4S. The van der Waals surface area contributed by atoms with Gasteiger partial charge in [0.25, 0.3) is 0 Å². The molecule has 0 aliphatic rings. The highest BCUT2D eigenvalue weighted by Crippen LogP contribution is 2.29. The zero-order chi connectivity index (χ0) is 21.1. The van der Waals surface area contributed by atoms with Crippen molar-refractivity contribution in [2.75, 3.05) is 12.4 Å². The summed E-state index contributed by atoms with van der Waals surface area (Å²) in [5, 5.41) is 4.91. The minimum Gasteiger partial charge on any atom is -0.465 e. The summed E-state index contributed by atoms with van der Waals surface area (Å²) in [7, 11) is 1.35. The number of esters is 1. The number of H-pyrrole nitrogens is 1. The van der Waals surface area contributed by atoms with Gasteiger partial charge in [0.15, 0.2) is 5.78 Å². The molecule has 4 rings (SSSR count). The molecule has 0 atom stereocenters. The van der Waals surface area contributed by atoms with Gasteiger partial charge in [0.2, 0.25) is 5.95 Å². The van der Waals surface area contributed by atoms with Crippen LogP contribution in [0.3, 0.4) is 0 Å². The van der Waals surface area contributed by atoms with Crippen LogP contribution in [0.15, 0.2) is 48.0 Å². The van der Waals surface area contributed by atoms with E-state index in [-0.39, 0.29) is 5.78 Å². The van der Waals surface area contributed by atoms with Crippen molar-refractivity contribution in [1.82, 2.24) is 15.0 Å². The molecule has 0 aliphatic heterocycles. The van der Waals surface area contributed by atoms with Crippen LogP contribution in [0.5, 0.6) is 11.5 Å². The van der Waals surface area contributed by atoms with Gasteiger partial charge in [0, 0.05) is 24.8 Å². The molecule has 3 heterocycles. The van der Waals surface area contributed by atoms with E-state index >= 15 is 0 Å². The SMILES string of the molecule is CCC(=O)c1cc(Oc2ccc3nc(Nc4ccsc4C(=O)OC)[nH]c3c2)ccn1. The van der Waals surface area contributed by atoms with Crippen LogP contribution in [0.4, 0.5) is 11.6 Å². The first-order valence-electron chi connectivity index (χ1n) is 9.17. The Balaban J connectivity index is 1.55. The fourth-order valence-corrected chi connectivity index (χ4v) is 3.61. The fraction of sp³-hybridized carbons (Fsp3) is 0.143. The third kappa shape index (κ3) is 4.01. The quantitative estimate of drug-likeness (QED) is 0.321. The number of hydrogen-bond donors (Lipinski definition) is 2. The van der Waals surface area contributed by atoms with Crippen LogP contribution in [0.1, 0.15) is 33.5 Å². The second-order valence-corrected chi connectivity index (χ2v) is 7.22. The smallest absolute Gasteiger partial charge is 0.350 e. The molecule has 8 nitrogen and oxygen atoms in total. The van der Waals surface area contributed by atoms with E-state index in [0.717, 1.165) is 11.0 Å². The lowest BCUT2D eigenvalue weighted by atomic mass is 10.2. The van der Waals surface area contributed by atoms with Gasteiger partial charge in [-0.2, -0.15) is 0 Å². The highest BCUT2D eigenvalue weighted by Gasteiger charge is 2.15. The first kappa shape index (κ1) is 19.6. The van der Waals surface area contributed by atoms with E-state index in [1.54, 1.807) is 42.8 Å². The van der Waals surface area contributed by atoms with Crippen LogP contribution >= 0.6 is 11.3 Å². The van der Waals surface area contributed by atoms with Gasteiger partial charge in [-0.25, -0.2) is 9.78 Å². The van der Waals surface area contributed by atoms with E-state index in [1.165, 1.54) is 18.4 Å². The summed E-state index contributed by atoms with van der Waals surface area (Å²) in [5.74, 6) is 1.16. The molecule has 0 aliphatic carbocycles. The number of pyridine rings is 1. The number of nitrogens with one attached hydrogen (secondary N) is 2. The molecule has 4 aromatic rings. The molecule has 9 heteroatoms. The summed E-state index contributed by atoms with van der Waals surface area (Å²) < 4.78 is 10.7. The molecule has 0 bridgehead atoms. The Morgan fingerprint density at radius 2 is 2.00 bits per heavy atom. The number of ketones is 1. The number of fused-ring (bicyclic) bond motifs is 1. The Kier molecular flexibility index (Phi) is 5.44. The standard InChI is InChI=1S/C21H18N4O4S/c1-3-18(26)17-11-13(6-8-22-17)29-12-4-5-14-16(10-12)25-21(23-14)24-15-7-9-30-19(15)20(27)28-2/h4-11H,3H2,1-2H3,(H2,23,24,25). The van der Waals surface area contributed by atoms with E-state index in [0.29, 0.717) is 40.1 Å². The molecule has 0 saturated carbocycles. The summed E-state index contributed by atoms with van der Waals surface area (Å²) in [4.78, 5) is 35.9. The maximum atomic E-state index is 11.8.